The molecule has 0 aliphatic rings. The maximum atomic E-state index is 5.59. The van der Waals surface area contributed by atoms with Gasteiger partial charge in [-0.1, -0.05) is 37.2 Å². The van der Waals surface area contributed by atoms with Crippen LogP contribution in [0.1, 0.15) is 43.5 Å². The molecule has 29 heavy (non-hydrogen) atoms. The minimum atomic E-state index is 0. The molecule has 3 rings (SSSR count). The number of aliphatic imine (C=N–C) groups is 1. The third kappa shape index (κ3) is 6.06. The van der Waals surface area contributed by atoms with Gasteiger partial charge in [-0.2, -0.15) is 0 Å². The highest BCUT2D eigenvalue weighted by molar-refractivity contribution is 14.0. The van der Waals surface area contributed by atoms with Crippen molar-refractivity contribution in [3.05, 3.63) is 59.3 Å². The lowest BCUT2D eigenvalue weighted by molar-refractivity contribution is 0.380. The third-order valence-electron chi connectivity index (χ3n) is 4.36. The minimum Gasteiger partial charge on any atom is -0.444 e. The van der Waals surface area contributed by atoms with Crippen LogP contribution in [0.25, 0.3) is 11.5 Å². The molecule has 0 fully saturated rings. The molecule has 0 atom stereocenters. The topological polar surface area (TPSA) is 88.5 Å². The molecular weight excluding hydrogens is 481 g/mol. The van der Waals surface area contributed by atoms with E-state index in [1.165, 1.54) is 0 Å². The second-order valence-corrected chi connectivity index (χ2v) is 6.30. The van der Waals surface area contributed by atoms with Crippen molar-refractivity contribution >= 4 is 29.9 Å². The van der Waals surface area contributed by atoms with Crippen LogP contribution in [-0.2, 0) is 25.9 Å². The van der Waals surface area contributed by atoms with Gasteiger partial charge in [-0.25, -0.2) is 9.98 Å². The van der Waals surface area contributed by atoms with E-state index in [9.17, 15) is 0 Å². The summed E-state index contributed by atoms with van der Waals surface area (Å²) in [6.45, 7) is 7.99. The van der Waals surface area contributed by atoms with Gasteiger partial charge >= 0.3 is 0 Å². The molecule has 1 aromatic carbocycles. The van der Waals surface area contributed by atoms with E-state index >= 15 is 0 Å². The number of aryl methyl sites for hydroxylation is 2. The van der Waals surface area contributed by atoms with Crippen molar-refractivity contribution < 1.29 is 8.94 Å². The van der Waals surface area contributed by atoms with Crippen LogP contribution >= 0.6 is 24.0 Å². The molecule has 2 heterocycles. The number of guanidine groups is 1. The lowest BCUT2D eigenvalue weighted by Gasteiger charge is -2.10. The third-order valence-corrected chi connectivity index (χ3v) is 4.36. The molecule has 0 saturated heterocycles. The zero-order valence-corrected chi connectivity index (χ0v) is 19.4. The number of aromatic nitrogens is 2. The van der Waals surface area contributed by atoms with Gasteiger partial charge in [-0.15, -0.1) is 24.0 Å². The average molecular weight is 509 g/mol. The number of nitrogens with one attached hydrogen (secondary N) is 2. The molecule has 0 radical (unpaired) electrons. The van der Waals surface area contributed by atoms with Gasteiger partial charge < -0.3 is 19.6 Å². The Morgan fingerprint density at radius 1 is 1.07 bits per heavy atom. The Kier molecular flexibility index (Phi) is 9.17. The Labute approximate surface area is 188 Å². The van der Waals surface area contributed by atoms with Gasteiger partial charge in [-0.05, 0) is 25.5 Å². The first-order chi connectivity index (χ1) is 13.7. The number of oxazole rings is 1. The first kappa shape index (κ1) is 22.9. The first-order valence-corrected chi connectivity index (χ1v) is 9.73. The largest absolute Gasteiger partial charge is 0.444 e. The lowest BCUT2D eigenvalue weighted by Crippen LogP contribution is -2.36. The molecule has 0 bridgehead atoms. The van der Waals surface area contributed by atoms with E-state index in [0.717, 1.165) is 53.6 Å². The van der Waals surface area contributed by atoms with Crippen LogP contribution in [0, 0.1) is 0 Å². The molecule has 8 heteroatoms. The van der Waals surface area contributed by atoms with Gasteiger partial charge in [0.25, 0.3) is 0 Å². The van der Waals surface area contributed by atoms with Gasteiger partial charge in [0.05, 0.1) is 24.5 Å². The zero-order valence-electron chi connectivity index (χ0n) is 17.1. The fraction of sp³-hybridized carbons (Fsp3) is 0.381. The molecular formula is C21H28IN5O2. The van der Waals surface area contributed by atoms with Crippen molar-refractivity contribution in [1.82, 2.24) is 20.8 Å². The maximum absolute atomic E-state index is 5.59. The predicted octanol–water partition coefficient (Wildman–Crippen LogP) is 4.33. The highest BCUT2D eigenvalue weighted by Gasteiger charge is 2.13. The molecule has 0 saturated carbocycles. The number of nitrogens with zero attached hydrogens (tertiary/aromatic N) is 3. The summed E-state index contributed by atoms with van der Waals surface area (Å²) in [5.41, 5.74) is 3.83. The monoisotopic (exact) mass is 509 g/mol. The van der Waals surface area contributed by atoms with Crippen LogP contribution in [0.2, 0.25) is 0 Å². The Bertz CT molecular complexity index is 883. The average Bonchev–Trinajstić information content (AvgIpc) is 3.37. The summed E-state index contributed by atoms with van der Waals surface area (Å²) in [5.74, 6) is 2.24. The Hall–Kier alpha value is -2.36. The second kappa shape index (κ2) is 11.6. The van der Waals surface area contributed by atoms with Crippen molar-refractivity contribution in [1.29, 1.82) is 0 Å². The number of rotatable bonds is 8. The summed E-state index contributed by atoms with van der Waals surface area (Å²) in [6, 6.07) is 9.85. The quantitative estimate of drug-likeness (QED) is 0.267. The van der Waals surface area contributed by atoms with Gasteiger partial charge in [-0.3, -0.25) is 0 Å². The van der Waals surface area contributed by atoms with Crippen LogP contribution in [0.5, 0.6) is 0 Å². The van der Waals surface area contributed by atoms with Gasteiger partial charge in [0.1, 0.15) is 12.0 Å². The summed E-state index contributed by atoms with van der Waals surface area (Å²) in [4.78, 5) is 9.23. The predicted molar refractivity (Wildman–Crippen MR) is 124 cm³/mol. The summed E-state index contributed by atoms with van der Waals surface area (Å²) in [6.07, 6.45) is 3.31. The van der Waals surface area contributed by atoms with Gasteiger partial charge in [0, 0.05) is 24.1 Å². The molecule has 156 valence electrons. The van der Waals surface area contributed by atoms with E-state index in [2.05, 4.69) is 39.6 Å². The normalized spacial score (nSPS) is 11.2. The van der Waals surface area contributed by atoms with Crippen molar-refractivity contribution in [3.63, 3.8) is 0 Å². The van der Waals surface area contributed by atoms with Crippen LogP contribution in [-0.4, -0.2) is 22.6 Å². The Morgan fingerprint density at radius 3 is 2.55 bits per heavy atom. The smallest absolute Gasteiger partial charge is 0.226 e. The van der Waals surface area contributed by atoms with E-state index < -0.39 is 0 Å². The number of benzene rings is 1. The molecule has 2 N–H and O–H groups in total. The number of hydrogen-bond donors (Lipinski definition) is 2. The SMILES string of the molecule is CCNC(=NCc1c(CC)noc1CC)NCc1coc(-c2ccccc2)n1.I. The van der Waals surface area contributed by atoms with Crippen molar-refractivity contribution in [2.24, 2.45) is 4.99 Å². The summed E-state index contributed by atoms with van der Waals surface area (Å²) >= 11 is 0. The highest BCUT2D eigenvalue weighted by Crippen LogP contribution is 2.18. The van der Waals surface area contributed by atoms with Crippen molar-refractivity contribution in [2.75, 3.05) is 6.54 Å². The van der Waals surface area contributed by atoms with E-state index in [1.54, 1.807) is 6.26 Å². The standard InChI is InChI=1S/C21H27N5O2.HI/c1-4-18-17(19(5-2)28-26-18)13-24-21(22-6-3)23-12-16-14-27-20(25-16)15-10-8-7-9-11-15;/h7-11,14H,4-6,12-13H2,1-3H3,(H2,22,23,24);1H. The molecule has 0 aliphatic carbocycles. The Morgan fingerprint density at radius 2 is 1.86 bits per heavy atom. The van der Waals surface area contributed by atoms with E-state index in [-0.39, 0.29) is 24.0 Å². The van der Waals surface area contributed by atoms with Gasteiger partial charge in [0.2, 0.25) is 5.89 Å². The molecule has 3 aromatic rings. The summed E-state index contributed by atoms with van der Waals surface area (Å²) in [5, 5.41) is 10.7. The molecule has 0 spiro atoms. The number of hydrogen-bond acceptors (Lipinski definition) is 5. The fourth-order valence-corrected chi connectivity index (χ4v) is 2.89. The Balaban J connectivity index is 0.00000300. The molecule has 0 amide bonds. The second-order valence-electron chi connectivity index (χ2n) is 6.30. The maximum Gasteiger partial charge on any atom is 0.226 e. The highest BCUT2D eigenvalue weighted by atomic mass is 127. The van der Waals surface area contributed by atoms with Crippen LogP contribution in [0.3, 0.4) is 0 Å². The minimum absolute atomic E-state index is 0. The van der Waals surface area contributed by atoms with Crippen LogP contribution in [0.4, 0.5) is 0 Å². The van der Waals surface area contributed by atoms with Crippen molar-refractivity contribution in [3.8, 4) is 11.5 Å². The van der Waals surface area contributed by atoms with E-state index in [1.807, 2.05) is 37.3 Å². The van der Waals surface area contributed by atoms with Crippen LogP contribution in [0.15, 0.2) is 50.5 Å². The summed E-state index contributed by atoms with van der Waals surface area (Å²) in [7, 11) is 0. The van der Waals surface area contributed by atoms with Crippen molar-refractivity contribution in [2.45, 2.75) is 46.7 Å². The molecule has 2 aromatic heterocycles. The van der Waals surface area contributed by atoms with Gasteiger partial charge in [0.15, 0.2) is 5.96 Å². The van der Waals surface area contributed by atoms with E-state index in [4.69, 9.17) is 8.94 Å². The fourth-order valence-electron chi connectivity index (χ4n) is 2.89. The molecule has 0 aliphatic heterocycles. The zero-order chi connectivity index (χ0) is 19.8. The molecule has 0 unspecified atom stereocenters. The molecule has 7 nitrogen and oxygen atoms in total. The lowest BCUT2D eigenvalue weighted by atomic mass is 10.1. The number of halogens is 1. The van der Waals surface area contributed by atoms with E-state index in [0.29, 0.717) is 19.0 Å². The summed E-state index contributed by atoms with van der Waals surface area (Å²) < 4.78 is 11.0. The first-order valence-electron chi connectivity index (χ1n) is 9.73. The van der Waals surface area contributed by atoms with Crippen LogP contribution < -0.4 is 10.6 Å².